The maximum Gasteiger partial charge on any atom is 0.243 e. The number of carbonyl (C=O) groups is 1. The summed E-state index contributed by atoms with van der Waals surface area (Å²) in [6.45, 7) is 2.03. The highest BCUT2D eigenvalue weighted by molar-refractivity contribution is 5.88. The summed E-state index contributed by atoms with van der Waals surface area (Å²) < 4.78 is 5.15. The van der Waals surface area contributed by atoms with Crippen molar-refractivity contribution in [1.29, 1.82) is 5.26 Å². The van der Waals surface area contributed by atoms with Crippen LogP contribution in [-0.2, 0) is 11.3 Å². The molecule has 1 aromatic heterocycles. The van der Waals surface area contributed by atoms with Gasteiger partial charge >= 0.3 is 0 Å². The van der Waals surface area contributed by atoms with E-state index in [1.807, 2.05) is 48.5 Å². The molecule has 0 aliphatic carbocycles. The molecule has 4 rings (SSSR count). The van der Waals surface area contributed by atoms with Gasteiger partial charge in [0.15, 0.2) is 11.7 Å². The third-order valence-corrected chi connectivity index (χ3v) is 5.27. The average molecular weight is 401 g/mol. The number of anilines is 1. The number of rotatable bonds is 6. The molecule has 1 N–H and O–H groups in total. The third-order valence-electron chi connectivity index (χ3n) is 5.27. The van der Waals surface area contributed by atoms with Gasteiger partial charge in [0, 0.05) is 19.6 Å². The highest BCUT2D eigenvalue weighted by Gasteiger charge is 2.29. The standard InChI is InChI=1S/C23H23N5O2/c1-30-17-10-8-16(9-11-17)15-25-23(29)18(14-24)21-22(28-12-4-5-13-28)27-20-7-3-2-6-19(20)26-21/h2-3,6-11,18H,4-5,12-13,15H2,1H3,(H,25,29)/t18-/m0/s1. The molecule has 3 aromatic rings. The summed E-state index contributed by atoms with van der Waals surface area (Å²) in [5, 5.41) is 12.7. The second-order valence-corrected chi connectivity index (χ2v) is 7.24. The molecule has 30 heavy (non-hydrogen) atoms. The number of hydrogen-bond acceptors (Lipinski definition) is 6. The molecule has 7 nitrogen and oxygen atoms in total. The van der Waals surface area contributed by atoms with Gasteiger partial charge in [-0.2, -0.15) is 5.26 Å². The van der Waals surface area contributed by atoms with E-state index in [1.54, 1.807) is 7.11 Å². The lowest BCUT2D eigenvalue weighted by atomic mass is 10.0. The van der Waals surface area contributed by atoms with E-state index >= 15 is 0 Å². The fourth-order valence-corrected chi connectivity index (χ4v) is 3.64. The Bertz CT molecular complexity index is 1080. The van der Waals surface area contributed by atoms with E-state index in [0.717, 1.165) is 42.8 Å². The van der Waals surface area contributed by atoms with Crippen LogP contribution in [0.5, 0.6) is 5.75 Å². The van der Waals surface area contributed by atoms with Crippen LogP contribution in [0.2, 0.25) is 0 Å². The van der Waals surface area contributed by atoms with E-state index in [2.05, 4.69) is 21.3 Å². The molecule has 1 atom stereocenters. The summed E-state index contributed by atoms with van der Waals surface area (Å²) in [5.41, 5.74) is 2.78. The number of nitrogens with one attached hydrogen (secondary N) is 1. The topological polar surface area (TPSA) is 91.1 Å². The first kappa shape index (κ1) is 19.6. The molecule has 2 heterocycles. The average Bonchev–Trinajstić information content (AvgIpc) is 3.33. The predicted molar refractivity (Wildman–Crippen MR) is 114 cm³/mol. The van der Waals surface area contributed by atoms with Crippen LogP contribution in [0.25, 0.3) is 11.0 Å². The number of aromatic nitrogens is 2. The Morgan fingerprint density at radius 3 is 2.43 bits per heavy atom. The molecule has 1 fully saturated rings. The van der Waals surface area contributed by atoms with Crippen molar-refractivity contribution in [2.75, 3.05) is 25.1 Å². The molecule has 7 heteroatoms. The van der Waals surface area contributed by atoms with Crippen LogP contribution in [0, 0.1) is 11.3 Å². The molecule has 1 aliphatic rings. The number of nitriles is 1. The lowest BCUT2D eigenvalue weighted by Gasteiger charge is -2.21. The van der Waals surface area contributed by atoms with Gasteiger partial charge in [0.25, 0.3) is 0 Å². The van der Waals surface area contributed by atoms with Crippen molar-refractivity contribution < 1.29 is 9.53 Å². The molecule has 2 aromatic carbocycles. The summed E-state index contributed by atoms with van der Waals surface area (Å²) in [4.78, 5) is 24.5. The number of nitrogens with zero attached hydrogens (tertiary/aromatic N) is 4. The number of amides is 1. The Morgan fingerprint density at radius 2 is 1.80 bits per heavy atom. The van der Waals surface area contributed by atoms with Gasteiger partial charge in [-0.15, -0.1) is 0 Å². The summed E-state index contributed by atoms with van der Waals surface area (Å²) >= 11 is 0. The number of para-hydroxylation sites is 2. The van der Waals surface area contributed by atoms with E-state index in [1.165, 1.54) is 0 Å². The first-order chi connectivity index (χ1) is 14.7. The molecular formula is C23H23N5O2. The second kappa shape index (κ2) is 8.78. The van der Waals surface area contributed by atoms with Gasteiger partial charge in [-0.05, 0) is 42.7 Å². The Hall–Kier alpha value is -3.66. The monoisotopic (exact) mass is 401 g/mol. The predicted octanol–water partition coefficient (Wildman–Crippen LogP) is 3.16. The van der Waals surface area contributed by atoms with Crippen molar-refractivity contribution >= 4 is 22.8 Å². The lowest BCUT2D eigenvalue weighted by Crippen LogP contribution is -2.31. The van der Waals surface area contributed by atoms with E-state index in [-0.39, 0.29) is 5.91 Å². The van der Waals surface area contributed by atoms with Gasteiger partial charge in [0.1, 0.15) is 11.4 Å². The van der Waals surface area contributed by atoms with Crippen LogP contribution in [0.15, 0.2) is 48.5 Å². The molecule has 1 amide bonds. The zero-order chi connectivity index (χ0) is 20.9. The van der Waals surface area contributed by atoms with Crippen LogP contribution >= 0.6 is 0 Å². The molecule has 152 valence electrons. The number of carbonyl (C=O) groups excluding carboxylic acids is 1. The zero-order valence-corrected chi connectivity index (χ0v) is 16.8. The first-order valence-electron chi connectivity index (χ1n) is 10.0. The summed E-state index contributed by atoms with van der Waals surface area (Å²) in [5.74, 6) is -0.0201. The second-order valence-electron chi connectivity index (χ2n) is 7.24. The van der Waals surface area contributed by atoms with Crippen LogP contribution in [-0.4, -0.2) is 36.1 Å². The van der Waals surface area contributed by atoms with E-state index in [0.29, 0.717) is 23.6 Å². The largest absolute Gasteiger partial charge is 0.497 e. The number of benzene rings is 2. The highest BCUT2D eigenvalue weighted by Crippen LogP contribution is 2.29. The fourth-order valence-electron chi connectivity index (χ4n) is 3.64. The number of ether oxygens (including phenoxy) is 1. The Kier molecular flexibility index (Phi) is 5.75. The minimum absolute atomic E-state index is 0.321. The van der Waals surface area contributed by atoms with Crippen molar-refractivity contribution in [2.24, 2.45) is 0 Å². The molecular weight excluding hydrogens is 378 g/mol. The molecule has 0 radical (unpaired) electrons. The molecule has 1 saturated heterocycles. The van der Waals surface area contributed by atoms with Crippen LogP contribution in [0.1, 0.15) is 30.0 Å². The molecule has 0 saturated carbocycles. The highest BCUT2D eigenvalue weighted by atomic mass is 16.5. The summed E-state index contributed by atoms with van der Waals surface area (Å²) in [6.07, 6.45) is 2.13. The van der Waals surface area contributed by atoms with Gasteiger partial charge in [-0.1, -0.05) is 24.3 Å². The number of fused-ring (bicyclic) bond motifs is 1. The Balaban J connectivity index is 1.61. The SMILES string of the molecule is COc1ccc(CNC(=O)[C@@H](C#N)c2nc3ccccc3nc2N2CCCC2)cc1. The van der Waals surface area contributed by atoms with Crippen molar-refractivity contribution in [3.8, 4) is 11.8 Å². The van der Waals surface area contributed by atoms with Gasteiger partial charge in [0.2, 0.25) is 5.91 Å². The Labute approximate surface area is 175 Å². The van der Waals surface area contributed by atoms with Crippen molar-refractivity contribution in [3.63, 3.8) is 0 Å². The smallest absolute Gasteiger partial charge is 0.243 e. The molecule has 0 unspecified atom stereocenters. The lowest BCUT2D eigenvalue weighted by molar-refractivity contribution is -0.121. The maximum absolute atomic E-state index is 12.9. The first-order valence-corrected chi connectivity index (χ1v) is 10.0. The quantitative estimate of drug-likeness (QED) is 0.682. The van der Waals surface area contributed by atoms with Crippen molar-refractivity contribution in [2.45, 2.75) is 25.3 Å². The molecule has 0 spiro atoms. The van der Waals surface area contributed by atoms with Crippen LogP contribution in [0.3, 0.4) is 0 Å². The van der Waals surface area contributed by atoms with Crippen LogP contribution < -0.4 is 15.0 Å². The maximum atomic E-state index is 12.9. The van der Waals surface area contributed by atoms with Crippen molar-refractivity contribution in [3.05, 3.63) is 59.8 Å². The minimum Gasteiger partial charge on any atom is -0.497 e. The van der Waals surface area contributed by atoms with Gasteiger partial charge in [-0.3, -0.25) is 4.79 Å². The fraction of sp³-hybridized carbons (Fsp3) is 0.304. The van der Waals surface area contributed by atoms with Gasteiger partial charge in [0.05, 0.1) is 24.2 Å². The minimum atomic E-state index is -1.03. The van der Waals surface area contributed by atoms with E-state index in [4.69, 9.17) is 9.72 Å². The zero-order valence-electron chi connectivity index (χ0n) is 16.8. The summed E-state index contributed by atoms with van der Waals surface area (Å²) in [6, 6.07) is 17.1. The van der Waals surface area contributed by atoms with E-state index in [9.17, 15) is 10.1 Å². The number of methoxy groups -OCH3 is 1. The normalized spacial score (nSPS) is 14.3. The molecule has 0 bridgehead atoms. The third kappa shape index (κ3) is 4.03. The Morgan fingerprint density at radius 1 is 1.13 bits per heavy atom. The number of hydrogen-bond donors (Lipinski definition) is 1. The van der Waals surface area contributed by atoms with Crippen molar-refractivity contribution in [1.82, 2.24) is 15.3 Å². The summed E-state index contributed by atoms with van der Waals surface area (Å²) in [7, 11) is 1.61. The molecule has 1 aliphatic heterocycles. The van der Waals surface area contributed by atoms with Crippen LogP contribution in [0.4, 0.5) is 5.82 Å². The van der Waals surface area contributed by atoms with Gasteiger partial charge in [-0.25, -0.2) is 9.97 Å². The van der Waals surface area contributed by atoms with Gasteiger partial charge < -0.3 is 15.0 Å². The van der Waals surface area contributed by atoms with E-state index < -0.39 is 5.92 Å².